The lowest BCUT2D eigenvalue weighted by atomic mass is 9.76. The van der Waals surface area contributed by atoms with E-state index in [1.165, 1.54) is 6.07 Å². The monoisotopic (exact) mass is 387 g/mol. The smallest absolute Gasteiger partial charge is 0.277 e. The maximum absolute atomic E-state index is 13.8. The Morgan fingerprint density at radius 3 is 2.79 bits per heavy atom. The Kier molecular flexibility index (Phi) is 4.80. The van der Waals surface area contributed by atoms with Crippen LogP contribution in [0.2, 0.25) is 0 Å². The molecule has 8 heteroatoms. The van der Waals surface area contributed by atoms with Crippen molar-refractivity contribution in [2.45, 2.75) is 31.9 Å². The first-order valence-corrected chi connectivity index (χ1v) is 9.08. The number of hydrogen-bond donors (Lipinski definition) is 2. The van der Waals surface area contributed by atoms with Gasteiger partial charge in [-0.2, -0.15) is 0 Å². The van der Waals surface area contributed by atoms with Gasteiger partial charge in [-0.1, -0.05) is 6.07 Å². The van der Waals surface area contributed by atoms with Crippen molar-refractivity contribution in [2.75, 3.05) is 11.9 Å². The first kappa shape index (κ1) is 18.5. The predicted octanol–water partition coefficient (Wildman–Crippen LogP) is 2.83. The lowest BCUT2D eigenvalue weighted by Gasteiger charge is -2.39. The Morgan fingerprint density at radius 1 is 1.21 bits per heavy atom. The molecule has 1 aliphatic heterocycles. The van der Waals surface area contributed by atoms with Gasteiger partial charge in [0.2, 0.25) is 0 Å². The fraction of sp³-hybridized carbons (Fsp3) is 0.350. The molecule has 4 rings (SSSR count). The molecule has 2 amide bonds. The van der Waals surface area contributed by atoms with Gasteiger partial charge >= 0.3 is 0 Å². The lowest BCUT2D eigenvalue weighted by molar-refractivity contribution is 0.00809. The van der Waals surface area contributed by atoms with E-state index in [0.29, 0.717) is 28.8 Å². The first-order valence-electron chi connectivity index (χ1n) is 9.08. The zero-order valence-electron chi connectivity index (χ0n) is 15.2. The molecule has 1 aromatic heterocycles. The molecule has 2 aliphatic rings. The summed E-state index contributed by atoms with van der Waals surface area (Å²) >= 11 is 0. The van der Waals surface area contributed by atoms with Gasteiger partial charge in [0.05, 0.1) is 12.3 Å². The first-order chi connectivity index (χ1) is 13.4. The van der Waals surface area contributed by atoms with Crippen LogP contribution in [-0.4, -0.2) is 35.6 Å². The highest BCUT2D eigenvalue weighted by molar-refractivity contribution is 6.04. The molecule has 2 heterocycles. The van der Waals surface area contributed by atoms with Crippen molar-refractivity contribution in [2.24, 2.45) is 5.92 Å². The van der Waals surface area contributed by atoms with E-state index in [0.717, 1.165) is 25.6 Å². The van der Waals surface area contributed by atoms with Gasteiger partial charge in [-0.05, 0) is 37.5 Å². The Hall–Kier alpha value is -2.87. The normalized spacial score (nSPS) is 22.9. The summed E-state index contributed by atoms with van der Waals surface area (Å²) in [7, 11) is 0. The molecule has 6 nitrogen and oxygen atoms in total. The highest BCUT2D eigenvalue weighted by Crippen LogP contribution is 2.38. The average Bonchev–Trinajstić information content (AvgIpc) is 3.02. The third-order valence-corrected chi connectivity index (χ3v) is 5.35. The van der Waals surface area contributed by atoms with Gasteiger partial charge in [-0.3, -0.25) is 9.59 Å². The van der Waals surface area contributed by atoms with E-state index in [-0.39, 0.29) is 18.1 Å². The molecule has 0 spiro atoms. The van der Waals surface area contributed by atoms with E-state index in [9.17, 15) is 18.4 Å². The number of rotatable bonds is 4. The minimum Gasteiger partial charge on any atom is -0.378 e. The van der Waals surface area contributed by atoms with Crippen LogP contribution < -0.4 is 10.6 Å². The van der Waals surface area contributed by atoms with E-state index in [4.69, 9.17) is 4.74 Å². The van der Waals surface area contributed by atoms with E-state index in [1.807, 2.05) is 0 Å². The summed E-state index contributed by atoms with van der Waals surface area (Å²) in [5, 5.41) is 5.54. The molecule has 0 bridgehead atoms. The summed E-state index contributed by atoms with van der Waals surface area (Å²) in [5.74, 6) is -2.61. The molecular formula is C20H19F2N3O3. The molecule has 0 unspecified atom stereocenters. The molecule has 2 N–H and O–H groups in total. The van der Waals surface area contributed by atoms with Crippen LogP contribution in [0.1, 0.15) is 39.3 Å². The number of nitrogens with one attached hydrogen (secondary N) is 2. The van der Waals surface area contributed by atoms with Gasteiger partial charge in [0.25, 0.3) is 11.8 Å². The topological polar surface area (TPSA) is 80.3 Å². The van der Waals surface area contributed by atoms with Crippen molar-refractivity contribution in [1.29, 1.82) is 0 Å². The van der Waals surface area contributed by atoms with Crippen molar-refractivity contribution in [3.63, 3.8) is 0 Å². The lowest BCUT2D eigenvalue weighted by Crippen LogP contribution is -2.53. The van der Waals surface area contributed by atoms with Crippen molar-refractivity contribution < 1.29 is 23.1 Å². The van der Waals surface area contributed by atoms with E-state index in [1.54, 1.807) is 19.1 Å². The van der Waals surface area contributed by atoms with Gasteiger partial charge in [0.1, 0.15) is 5.82 Å². The van der Waals surface area contributed by atoms with Crippen LogP contribution in [-0.2, 0) is 4.74 Å². The molecule has 2 aromatic rings. The average molecular weight is 387 g/mol. The molecule has 3 atom stereocenters. The minimum atomic E-state index is -1.05. The Labute approximate surface area is 160 Å². The number of halogens is 2. The number of carbonyl (C=O) groups excluding carboxylic acids is 2. The summed E-state index contributed by atoms with van der Waals surface area (Å²) < 4.78 is 32.3. The van der Waals surface area contributed by atoms with Crippen molar-refractivity contribution in [3.8, 4) is 0 Å². The Balaban J connectivity index is 1.47. The molecule has 2 fully saturated rings. The van der Waals surface area contributed by atoms with E-state index >= 15 is 0 Å². The molecule has 1 saturated heterocycles. The molecule has 1 aliphatic carbocycles. The van der Waals surface area contributed by atoms with Crippen LogP contribution in [0.4, 0.5) is 14.5 Å². The van der Waals surface area contributed by atoms with Crippen LogP contribution in [0.5, 0.6) is 0 Å². The third-order valence-electron chi connectivity index (χ3n) is 5.35. The zero-order valence-corrected chi connectivity index (χ0v) is 15.2. The second kappa shape index (κ2) is 7.27. The zero-order chi connectivity index (χ0) is 19.8. The fourth-order valence-electron chi connectivity index (χ4n) is 3.68. The number of pyridine rings is 1. The number of hydrogen-bond acceptors (Lipinski definition) is 4. The molecule has 1 saturated carbocycles. The van der Waals surface area contributed by atoms with Crippen molar-refractivity contribution >= 4 is 17.5 Å². The molecule has 0 radical (unpaired) electrons. The van der Waals surface area contributed by atoms with Gasteiger partial charge in [0.15, 0.2) is 11.5 Å². The number of fused-ring (bicyclic) bond motifs is 1. The number of benzene rings is 1. The number of nitrogens with zero attached hydrogens (tertiary/aromatic N) is 1. The maximum atomic E-state index is 13.8. The largest absolute Gasteiger partial charge is 0.378 e. The number of aryl methyl sites for hydroxylation is 1. The van der Waals surface area contributed by atoms with Crippen LogP contribution in [0.3, 0.4) is 0 Å². The summed E-state index contributed by atoms with van der Waals surface area (Å²) in [6.45, 7) is 2.48. The summed E-state index contributed by atoms with van der Waals surface area (Å²) in [5.41, 5.74) is 0.924. The van der Waals surface area contributed by atoms with Crippen LogP contribution in [0.25, 0.3) is 0 Å². The molecule has 1 aromatic carbocycles. The SMILES string of the molecule is Cc1ccc(C(=O)N[C@@H]2C[C@H]3OCC[C@@H]23)cc1NC(=O)c1ncc(F)cc1F. The quantitative estimate of drug-likeness (QED) is 0.846. The van der Waals surface area contributed by atoms with Gasteiger partial charge in [-0.15, -0.1) is 0 Å². The van der Waals surface area contributed by atoms with Gasteiger partial charge in [0, 0.05) is 35.9 Å². The van der Waals surface area contributed by atoms with Crippen LogP contribution in [0.15, 0.2) is 30.5 Å². The van der Waals surface area contributed by atoms with Crippen LogP contribution in [0, 0.1) is 24.5 Å². The van der Waals surface area contributed by atoms with Gasteiger partial charge < -0.3 is 15.4 Å². The van der Waals surface area contributed by atoms with E-state index < -0.39 is 23.2 Å². The predicted molar refractivity (Wildman–Crippen MR) is 97.0 cm³/mol. The van der Waals surface area contributed by atoms with Crippen LogP contribution >= 0.6 is 0 Å². The third kappa shape index (κ3) is 3.47. The fourth-order valence-corrected chi connectivity index (χ4v) is 3.68. The summed E-state index contributed by atoms with van der Waals surface area (Å²) in [6, 6.07) is 5.58. The highest BCUT2D eigenvalue weighted by atomic mass is 19.1. The molecule has 146 valence electrons. The summed E-state index contributed by atoms with van der Waals surface area (Å²) in [4.78, 5) is 28.4. The van der Waals surface area contributed by atoms with E-state index in [2.05, 4.69) is 15.6 Å². The molecule has 28 heavy (non-hydrogen) atoms. The number of aromatic nitrogens is 1. The number of carbonyl (C=O) groups is 2. The highest BCUT2D eigenvalue weighted by Gasteiger charge is 2.45. The summed E-state index contributed by atoms with van der Waals surface area (Å²) in [6.07, 6.45) is 2.77. The standard InChI is InChI=1S/C20H19F2N3O3/c1-10-2-3-11(19(26)25-16-8-17-13(16)4-5-28-17)6-15(10)24-20(27)18-14(22)7-12(21)9-23-18/h2-3,6-7,9,13,16-17H,4-5,8H2,1H3,(H,24,27)(H,25,26)/t13-,16+,17+/m0/s1. The number of amides is 2. The molecular weight excluding hydrogens is 368 g/mol. The number of anilines is 1. The minimum absolute atomic E-state index is 0.0943. The second-order valence-electron chi connectivity index (χ2n) is 7.15. The van der Waals surface area contributed by atoms with Crippen molar-refractivity contribution in [1.82, 2.24) is 10.3 Å². The Morgan fingerprint density at radius 2 is 2.04 bits per heavy atom. The Bertz CT molecular complexity index is 950. The second-order valence-corrected chi connectivity index (χ2v) is 7.15. The number of ether oxygens (including phenoxy) is 1. The van der Waals surface area contributed by atoms with Gasteiger partial charge in [-0.25, -0.2) is 13.8 Å². The maximum Gasteiger partial charge on any atom is 0.277 e. The van der Waals surface area contributed by atoms with Crippen molar-refractivity contribution in [3.05, 3.63) is 58.9 Å².